The van der Waals surface area contributed by atoms with E-state index in [-0.39, 0.29) is 42.4 Å². The van der Waals surface area contributed by atoms with Gasteiger partial charge in [-0.3, -0.25) is 14.4 Å². The fourth-order valence-electron chi connectivity index (χ4n) is 5.23. The van der Waals surface area contributed by atoms with Gasteiger partial charge in [0.15, 0.2) is 0 Å². The Morgan fingerprint density at radius 2 is 1.67 bits per heavy atom. The molecule has 0 aromatic heterocycles. The number of anilines is 2. The van der Waals surface area contributed by atoms with Crippen LogP contribution in [0.25, 0.3) is 0 Å². The number of benzene rings is 2. The third-order valence-electron chi connectivity index (χ3n) is 7.19. The zero-order valence-corrected chi connectivity index (χ0v) is 21.4. The Hall–Kier alpha value is -3.22. The molecule has 0 bridgehead atoms. The Morgan fingerprint density at radius 1 is 1.00 bits per heavy atom. The summed E-state index contributed by atoms with van der Waals surface area (Å²) in [5, 5.41) is 2.98. The third-order valence-corrected chi connectivity index (χ3v) is 7.19. The topological polar surface area (TPSA) is 69.7 Å². The van der Waals surface area contributed by atoms with Gasteiger partial charge in [-0.05, 0) is 68.5 Å². The molecule has 1 N–H and O–H groups in total. The molecule has 0 aliphatic carbocycles. The number of nitrogens with zero attached hydrogens (tertiary/aromatic N) is 2. The molecule has 2 amide bonds. The second kappa shape index (κ2) is 10.8. The molecular formula is C29H36FN3O3. The fourth-order valence-corrected chi connectivity index (χ4v) is 5.23. The number of Topliss-reactive ketones (excluding diaryl/α,β-unsaturated/α-hetero) is 1. The van der Waals surface area contributed by atoms with Crippen LogP contribution in [0.15, 0.2) is 48.5 Å². The molecule has 0 unspecified atom stereocenters. The van der Waals surface area contributed by atoms with E-state index in [1.54, 1.807) is 36.1 Å². The van der Waals surface area contributed by atoms with Gasteiger partial charge in [-0.15, -0.1) is 0 Å². The molecule has 2 atom stereocenters. The molecule has 2 aromatic rings. The Balaban J connectivity index is 1.33. The van der Waals surface area contributed by atoms with Gasteiger partial charge in [0.25, 0.3) is 0 Å². The van der Waals surface area contributed by atoms with Crippen molar-refractivity contribution >= 4 is 29.0 Å². The van der Waals surface area contributed by atoms with Crippen molar-refractivity contribution < 1.29 is 18.8 Å². The van der Waals surface area contributed by atoms with Gasteiger partial charge in [0.05, 0.1) is 0 Å². The Morgan fingerprint density at radius 3 is 2.31 bits per heavy atom. The first-order valence-electron chi connectivity index (χ1n) is 12.8. The van der Waals surface area contributed by atoms with Crippen LogP contribution in [0.5, 0.6) is 0 Å². The molecule has 7 heteroatoms. The van der Waals surface area contributed by atoms with E-state index in [1.807, 2.05) is 24.3 Å². The summed E-state index contributed by atoms with van der Waals surface area (Å²) in [5.41, 5.74) is 1.93. The van der Waals surface area contributed by atoms with Crippen LogP contribution in [-0.2, 0) is 26.5 Å². The highest BCUT2D eigenvalue weighted by Crippen LogP contribution is 2.30. The number of nitrogens with one attached hydrogen (secondary N) is 1. The molecule has 0 radical (unpaired) electrons. The van der Waals surface area contributed by atoms with Crippen molar-refractivity contribution in [2.45, 2.75) is 64.6 Å². The first kappa shape index (κ1) is 25.9. The summed E-state index contributed by atoms with van der Waals surface area (Å²) in [6.45, 7) is 6.87. The Bertz CT molecular complexity index is 1090. The van der Waals surface area contributed by atoms with Crippen molar-refractivity contribution in [1.82, 2.24) is 5.32 Å². The number of amides is 2. The zero-order chi connectivity index (χ0) is 25.9. The molecule has 2 aromatic carbocycles. The van der Waals surface area contributed by atoms with Crippen LogP contribution in [-0.4, -0.2) is 43.3 Å². The van der Waals surface area contributed by atoms with Crippen LogP contribution < -0.4 is 15.1 Å². The molecule has 2 heterocycles. The molecule has 6 nitrogen and oxygen atoms in total. The number of carbonyl (C=O) groups excluding carboxylic acids is 3. The smallest absolute Gasteiger partial charge is 0.230 e. The first-order chi connectivity index (χ1) is 17.1. The molecular weight excluding hydrogens is 457 g/mol. The lowest BCUT2D eigenvalue weighted by molar-refractivity contribution is -0.128. The lowest BCUT2D eigenvalue weighted by Gasteiger charge is -2.32. The van der Waals surface area contributed by atoms with E-state index in [4.69, 9.17) is 0 Å². The molecule has 192 valence electrons. The van der Waals surface area contributed by atoms with E-state index in [0.717, 1.165) is 42.9 Å². The van der Waals surface area contributed by atoms with Crippen LogP contribution in [0.1, 0.15) is 57.6 Å². The van der Waals surface area contributed by atoms with Gasteiger partial charge in [0, 0.05) is 62.7 Å². The van der Waals surface area contributed by atoms with Gasteiger partial charge in [0.1, 0.15) is 11.5 Å². The second-order valence-corrected chi connectivity index (χ2v) is 10.6. The first-order valence-corrected chi connectivity index (χ1v) is 12.8. The standard InChI is InChI=1S/C29H36FN3O3/c1-20(34)31-24-14-16-32(19-24)25-10-12-26(13-11-25)33-15-4-5-22(28(33)36)18-27(35)17-21-6-8-23(9-7-21)29(2,3)30/h6-13,22,24H,4-5,14-19H2,1-3H3,(H,31,34)/t22-,24+/m0/s1. The van der Waals surface area contributed by atoms with Crippen molar-refractivity contribution in [3.8, 4) is 0 Å². The highest BCUT2D eigenvalue weighted by molar-refractivity contribution is 5.98. The van der Waals surface area contributed by atoms with Gasteiger partial charge in [0.2, 0.25) is 11.8 Å². The molecule has 0 spiro atoms. The van der Waals surface area contributed by atoms with Crippen molar-refractivity contribution in [1.29, 1.82) is 0 Å². The monoisotopic (exact) mass is 493 g/mol. The quantitative estimate of drug-likeness (QED) is 0.586. The predicted molar refractivity (Wildman–Crippen MR) is 140 cm³/mol. The fraction of sp³-hybridized carbons (Fsp3) is 0.483. The van der Waals surface area contributed by atoms with E-state index in [9.17, 15) is 18.8 Å². The second-order valence-electron chi connectivity index (χ2n) is 10.6. The average Bonchev–Trinajstić information content (AvgIpc) is 3.28. The Labute approximate surface area is 212 Å². The number of ketones is 1. The van der Waals surface area contributed by atoms with Crippen molar-refractivity contribution in [2.75, 3.05) is 29.4 Å². The lowest BCUT2D eigenvalue weighted by atomic mass is 9.89. The highest BCUT2D eigenvalue weighted by atomic mass is 19.1. The van der Waals surface area contributed by atoms with Crippen LogP contribution in [0.3, 0.4) is 0 Å². The van der Waals surface area contributed by atoms with Gasteiger partial charge in [-0.2, -0.15) is 0 Å². The Kier molecular flexibility index (Phi) is 7.76. The molecule has 36 heavy (non-hydrogen) atoms. The van der Waals surface area contributed by atoms with E-state index in [2.05, 4.69) is 10.2 Å². The van der Waals surface area contributed by atoms with E-state index < -0.39 is 5.67 Å². The summed E-state index contributed by atoms with van der Waals surface area (Å²) in [7, 11) is 0. The number of hydrogen-bond acceptors (Lipinski definition) is 4. The molecule has 4 rings (SSSR count). The number of piperidine rings is 1. The summed E-state index contributed by atoms with van der Waals surface area (Å²) in [5.74, 6) is -0.288. The molecule has 2 saturated heterocycles. The highest BCUT2D eigenvalue weighted by Gasteiger charge is 2.31. The minimum Gasteiger partial charge on any atom is -0.369 e. The molecule has 2 fully saturated rings. The summed E-state index contributed by atoms with van der Waals surface area (Å²) < 4.78 is 14.1. The SMILES string of the molecule is CC(=O)N[C@@H]1CCN(c2ccc(N3CCC[C@@H](CC(=O)Cc4ccc(C(C)(C)F)cc4)C3=O)cc2)C1. The number of rotatable bonds is 8. The maximum Gasteiger partial charge on any atom is 0.230 e. The van der Waals surface area contributed by atoms with E-state index in [0.29, 0.717) is 18.5 Å². The number of hydrogen-bond donors (Lipinski definition) is 1. The van der Waals surface area contributed by atoms with Gasteiger partial charge in [-0.25, -0.2) is 4.39 Å². The minimum atomic E-state index is -1.41. The van der Waals surface area contributed by atoms with E-state index >= 15 is 0 Å². The van der Waals surface area contributed by atoms with E-state index in [1.165, 1.54) is 13.8 Å². The summed E-state index contributed by atoms with van der Waals surface area (Å²) in [6, 6.07) is 15.2. The molecule has 0 saturated carbocycles. The van der Waals surface area contributed by atoms with Crippen molar-refractivity contribution in [3.63, 3.8) is 0 Å². The minimum absolute atomic E-state index is 0.00349. The van der Waals surface area contributed by atoms with Crippen LogP contribution >= 0.6 is 0 Å². The van der Waals surface area contributed by atoms with Crippen molar-refractivity contribution in [3.05, 3.63) is 59.7 Å². The summed E-state index contributed by atoms with van der Waals surface area (Å²) in [6.07, 6.45) is 2.96. The maximum absolute atomic E-state index is 14.1. The summed E-state index contributed by atoms with van der Waals surface area (Å²) >= 11 is 0. The number of alkyl halides is 1. The lowest BCUT2D eigenvalue weighted by Crippen LogP contribution is -2.42. The molecule has 2 aliphatic rings. The zero-order valence-electron chi connectivity index (χ0n) is 21.4. The van der Waals surface area contributed by atoms with Crippen LogP contribution in [0.2, 0.25) is 0 Å². The predicted octanol–water partition coefficient (Wildman–Crippen LogP) is 4.55. The average molecular weight is 494 g/mol. The third kappa shape index (κ3) is 6.31. The van der Waals surface area contributed by atoms with Crippen LogP contribution in [0, 0.1) is 5.92 Å². The van der Waals surface area contributed by atoms with Crippen molar-refractivity contribution in [2.24, 2.45) is 5.92 Å². The normalized spacial score (nSPS) is 20.5. The molecule has 2 aliphatic heterocycles. The van der Waals surface area contributed by atoms with Crippen LogP contribution in [0.4, 0.5) is 15.8 Å². The number of halogens is 1. The number of carbonyl (C=O) groups is 3. The van der Waals surface area contributed by atoms with Gasteiger partial charge >= 0.3 is 0 Å². The van der Waals surface area contributed by atoms with Gasteiger partial charge in [-0.1, -0.05) is 24.3 Å². The van der Waals surface area contributed by atoms with Gasteiger partial charge < -0.3 is 15.1 Å². The maximum atomic E-state index is 14.1. The summed E-state index contributed by atoms with van der Waals surface area (Å²) in [4.78, 5) is 41.4. The largest absolute Gasteiger partial charge is 0.369 e.